The number of hydrogen-bond acceptors (Lipinski definition) is 2. The molecule has 1 unspecified atom stereocenters. The van der Waals surface area contributed by atoms with Gasteiger partial charge in [0.2, 0.25) is 0 Å². The summed E-state index contributed by atoms with van der Waals surface area (Å²) in [6, 6.07) is 11.5. The van der Waals surface area contributed by atoms with Gasteiger partial charge in [0, 0.05) is 21.8 Å². The third-order valence-corrected chi connectivity index (χ3v) is 3.65. The first kappa shape index (κ1) is 15.6. The van der Waals surface area contributed by atoms with Crippen molar-refractivity contribution in [3.8, 4) is 5.75 Å². The van der Waals surface area contributed by atoms with E-state index in [-0.39, 0.29) is 18.6 Å². The van der Waals surface area contributed by atoms with Crippen molar-refractivity contribution in [2.24, 2.45) is 0 Å². The molecule has 0 aliphatic rings. The molecule has 0 aromatic heterocycles. The van der Waals surface area contributed by atoms with E-state index in [1.54, 1.807) is 12.1 Å². The average Bonchev–Trinajstić information content (AvgIpc) is 2.47. The highest BCUT2D eigenvalue weighted by atomic mass is 35.5. The Morgan fingerprint density at radius 1 is 1.24 bits per heavy atom. The number of fused-ring (bicyclic) bond motifs is 1. The second-order valence-corrected chi connectivity index (χ2v) is 5.54. The summed E-state index contributed by atoms with van der Waals surface area (Å²) in [6.07, 6.45) is 2.01. The van der Waals surface area contributed by atoms with Crippen LogP contribution in [0.25, 0.3) is 10.8 Å². The average molecular weight is 306 g/mol. The lowest BCUT2D eigenvalue weighted by molar-refractivity contribution is -0.123. The Labute approximate surface area is 130 Å². The van der Waals surface area contributed by atoms with Crippen LogP contribution in [0.1, 0.15) is 26.7 Å². The molecule has 1 amide bonds. The second kappa shape index (κ2) is 7.32. The summed E-state index contributed by atoms with van der Waals surface area (Å²) in [6.45, 7) is 4.11. The topological polar surface area (TPSA) is 38.3 Å². The van der Waals surface area contributed by atoms with Gasteiger partial charge in [-0.1, -0.05) is 49.2 Å². The van der Waals surface area contributed by atoms with Gasteiger partial charge in [-0.15, -0.1) is 0 Å². The summed E-state index contributed by atoms with van der Waals surface area (Å²) in [7, 11) is 0. The number of benzene rings is 2. The van der Waals surface area contributed by atoms with E-state index >= 15 is 0 Å². The number of carbonyl (C=O) groups is 1. The molecule has 0 aliphatic heterocycles. The van der Waals surface area contributed by atoms with Crippen LogP contribution in [-0.2, 0) is 4.79 Å². The standard InChI is InChI=1S/C17H20ClNO2/c1-3-6-12(2)19-17(20)11-21-16-10-9-15(18)13-7-4-5-8-14(13)16/h4-5,7-10,12H,3,6,11H2,1-2H3,(H,19,20). The Morgan fingerprint density at radius 3 is 2.67 bits per heavy atom. The first-order valence-electron chi connectivity index (χ1n) is 7.21. The summed E-state index contributed by atoms with van der Waals surface area (Å²) >= 11 is 6.16. The molecular formula is C17H20ClNO2. The van der Waals surface area contributed by atoms with Crippen molar-refractivity contribution in [1.82, 2.24) is 5.32 Å². The largest absolute Gasteiger partial charge is 0.483 e. The minimum atomic E-state index is -0.102. The maximum atomic E-state index is 11.8. The van der Waals surface area contributed by atoms with Gasteiger partial charge in [0.05, 0.1) is 0 Å². The zero-order valence-corrected chi connectivity index (χ0v) is 13.1. The molecule has 0 aliphatic carbocycles. The molecule has 1 N–H and O–H groups in total. The van der Waals surface area contributed by atoms with Crippen LogP contribution >= 0.6 is 11.6 Å². The van der Waals surface area contributed by atoms with E-state index in [9.17, 15) is 4.79 Å². The molecule has 21 heavy (non-hydrogen) atoms. The van der Waals surface area contributed by atoms with Crippen molar-refractivity contribution >= 4 is 28.3 Å². The van der Waals surface area contributed by atoms with E-state index < -0.39 is 0 Å². The van der Waals surface area contributed by atoms with Crippen LogP contribution in [-0.4, -0.2) is 18.6 Å². The number of carbonyl (C=O) groups excluding carboxylic acids is 1. The monoisotopic (exact) mass is 305 g/mol. The van der Waals surface area contributed by atoms with Crippen molar-refractivity contribution in [2.45, 2.75) is 32.7 Å². The molecular weight excluding hydrogens is 286 g/mol. The van der Waals surface area contributed by atoms with Crippen molar-refractivity contribution < 1.29 is 9.53 Å². The van der Waals surface area contributed by atoms with Gasteiger partial charge in [0.1, 0.15) is 5.75 Å². The smallest absolute Gasteiger partial charge is 0.258 e. The number of halogens is 1. The molecule has 112 valence electrons. The van der Waals surface area contributed by atoms with E-state index in [0.29, 0.717) is 10.8 Å². The van der Waals surface area contributed by atoms with Crippen LogP contribution in [0.3, 0.4) is 0 Å². The maximum Gasteiger partial charge on any atom is 0.258 e. The molecule has 2 aromatic rings. The summed E-state index contributed by atoms with van der Waals surface area (Å²) in [5, 5.41) is 5.44. The molecule has 0 saturated heterocycles. The molecule has 0 heterocycles. The number of nitrogens with one attached hydrogen (secondary N) is 1. The number of hydrogen-bond donors (Lipinski definition) is 1. The summed E-state index contributed by atoms with van der Waals surface area (Å²) < 4.78 is 5.64. The van der Waals surface area contributed by atoms with Gasteiger partial charge in [0.25, 0.3) is 5.91 Å². The Bertz CT molecular complexity index is 627. The number of rotatable bonds is 6. The predicted octanol–water partition coefficient (Wildman–Crippen LogP) is 4.18. The lowest BCUT2D eigenvalue weighted by Gasteiger charge is -2.14. The summed E-state index contributed by atoms with van der Waals surface area (Å²) in [4.78, 5) is 11.8. The van der Waals surface area contributed by atoms with Crippen LogP contribution in [0.5, 0.6) is 5.75 Å². The predicted molar refractivity (Wildman–Crippen MR) is 87.0 cm³/mol. The van der Waals surface area contributed by atoms with Crippen LogP contribution in [0.15, 0.2) is 36.4 Å². The normalized spacial score (nSPS) is 12.1. The zero-order chi connectivity index (χ0) is 15.2. The fourth-order valence-electron chi connectivity index (χ4n) is 2.33. The lowest BCUT2D eigenvalue weighted by atomic mass is 10.1. The third-order valence-electron chi connectivity index (χ3n) is 3.32. The molecule has 0 spiro atoms. The van der Waals surface area contributed by atoms with Gasteiger partial charge >= 0.3 is 0 Å². The van der Waals surface area contributed by atoms with Gasteiger partial charge in [-0.2, -0.15) is 0 Å². The van der Waals surface area contributed by atoms with Crippen molar-refractivity contribution in [3.63, 3.8) is 0 Å². The molecule has 0 fully saturated rings. The highest BCUT2D eigenvalue weighted by Gasteiger charge is 2.09. The van der Waals surface area contributed by atoms with E-state index in [0.717, 1.165) is 23.6 Å². The van der Waals surface area contributed by atoms with E-state index in [1.807, 2.05) is 31.2 Å². The Kier molecular flexibility index (Phi) is 5.45. The molecule has 0 saturated carbocycles. The first-order valence-corrected chi connectivity index (χ1v) is 7.59. The molecule has 2 rings (SSSR count). The lowest BCUT2D eigenvalue weighted by Crippen LogP contribution is -2.35. The minimum absolute atomic E-state index is 0.0136. The maximum absolute atomic E-state index is 11.8. The van der Waals surface area contributed by atoms with E-state index in [1.165, 1.54) is 0 Å². The number of ether oxygens (including phenoxy) is 1. The molecule has 0 radical (unpaired) electrons. The van der Waals surface area contributed by atoms with Crippen LogP contribution < -0.4 is 10.1 Å². The van der Waals surface area contributed by atoms with Gasteiger partial charge in [-0.25, -0.2) is 0 Å². The summed E-state index contributed by atoms with van der Waals surface area (Å²) in [5.41, 5.74) is 0. The van der Waals surface area contributed by atoms with Crippen molar-refractivity contribution in [3.05, 3.63) is 41.4 Å². The molecule has 3 nitrogen and oxygen atoms in total. The van der Waals surface area contributed by atoms with Crippen molar-refractivity contribution in [2.75, 3.05) is 6.61 Å². The van der Waals surface area contributed by atoms with Crippen LogP contribution in [0, 0.1) is 0 Å². The van der Waals surface area contributed by atoms with Gasteiger partial charge in [0.15, 0.2) is 6.61 Å². The quantitative estimate of drug-likeness (QED) is 0.869. The highest BCUT2D eigenvalue weighted by molar-refractivity contribution is 6.35. The van der Waals surface area contributed by atoms with Crippen molar-refractivity contribution in [1.29, 1.82) is 0 Å². The van der Waals surface area contributed by atoms with Gasteiger partial charge in [-0.05, 0) is 25.5 Å². The minimum Gasteiger partial charge on any atom is -0.483 e. The van der Waals surface area contributed by atoms with Crippen LogP contribution in [0.4, 0.5) is 0 Å². The third kappa shape index (κ3) is 4.11. The van der Waals surface area contributed by atoms with E-state index in [4.69, 9.17) is 16.3 Å². The second-order valence-electron chi connectivity index (χ2n) is 5.14. The Balaban J connectivity index is 2.04. The SMILES string of the molecule is CCCC(C)NC(=O)COc1ccc(Cl)c2ccccc12. The Morgan fingerprint density at radius 2 is 1.95 bits per heavy atom. The Hall–Kier alpha value is -1.74. The first-order chi connectivity index (χ1) is 10.1. The number of amides is 1. The molecule has 0 bridgehead atoms. The molecule has 2 aromatic carbocycles. The van der Waals surface area contributed by atoms with Gasteiger partial charge in [-0.3, -0.25) is 4.79 Å². The molecule has 1 atom stereocenters. The molecule has 4 heteroatoms. The van der Waals surface area contributed by atoms with E-state index in [2.05, 4.69) is 12.2 Å². The van der Waals surface area contributed by atoms with Crippen LogP contribution in [0.2, 0.25) is 5.02 Å². The fraction of sp³-hybridized carbons (Fsp3) is 0.353. The van der Waals surface area contributed by atoms with Gasteiger partial charge < -0.3 is 10.1 Å². The fourth-order valence-corrected chi connectivity index (χ4v) is 2.55. The summed E-state index contributed by atoms with van der Waals surface area (Å²) in [5.74, 6) is 0.572. The highest BCUT2D eigenvalue weighted by Crippen LogP contribution is 2.31. The zero-order valence-electron chi connectivity index (χ0n) is 12.4.